The minimum Gasteiger partial charge on any atom is -0.298 e. The van der Waals surface area contributed by atoms with Crippen LogP contribution in [0.5, 0.6) is 0 Å². The average molecular weight is 195 g/mol. The normalized spacial score (nSPS) is 29.1. The first-order valence-corrected chi connectivity index (χ1v) is 6.16. The Morgan fingerprint density at radius 3 is 1.93 bits per heavy atom. The van der Waals surface area contributed by atoms with Crippen LogP contribution in [0.3, 0.4) is 0 Å². The fraction of sp³-hybridized carbons (Fsp3) is 1.00. The van der Waals surface area contributed by atoms with Gasteiger partial charge in [-0.15, -0.1) is 0 Å². The summed E-state index contributed by atoms with van der Waals surface area (Å²) in [6.07, 6.45) is 5.92. The smallest absolute Gasteiger partial charge is 0.0125 e. The summed E-state index contributed by atoms with van der Waals surface area (Å²) in [7, 11) is 0. The average Bonchev–Trinajstić information content (AvgIpc) is 2.01. The predicted molar refractivity (Wildman–Crippen MR) is 61.4 cm³/mol. The summed E-state index contributed by atoms with van der Waals surface area (Å²) in [4.78, 5) is 2.65. The van der Waals surface area contributed by atoms with Crippen molar-refractivity contribution in [3.05, 3.63) is 0 Å². The summed E-state index contributed by atoms with van der Waals surface area (Å²) in [5, 5.41) is 0. The molecule has 1 heterocycles. The fourth-order valence-corrected chi connectivity index (χ4v) is 3.48. The maximum atomic E-state index is 2.65. The molecule has 0 aromatic rings. The van der Waals surface area contributed by atoms with Crippen molar-refractivity contribution in [1.29, 1.82) is 0 Å². The molecule has 1 nitrogen and oxygen atoms in total. The lowest BCUT2D eigenvalue weighted by molar-refractivity contribution is -0.0304. The topological polar surface area (TPSA) is 3.24 Å². The van der Waals surface area contributed by atoms with E-state index in [9.17, 15) is 0 Å². The van der Waals surface area contributed by atoms with E-state index in [-0.39, 0.29) is 0 Å². The summed E-state index contributed by atoms with van der Waals surface area (Å²) >= 11 is 0. The molecule has 0 aromatic heterocycles. The molecule has 1 saturated carbocycles. The van der Waals surface area contributed by atoms with E-state index >= 15 is 0 Å². The summed E-state index contributed by atoms with van der Waals surface area (Å²) in [6, 6.07) is 0. The van der Waals surface area contributed by atoms with Gasteiger partial charge in [0.15, 0.2) is 0 Å². The van der Waals surface area contributed by atoms with Gasteiger partial charge in [0.25, 0.3) is 0 Å². The molecule has 0 aromatic carbocycles. The second-order valence-corrected chi connectivity index (χ2v) is 6.67. The van der Waals surface area contributed by atoms with E-state index in [0.717, 1.165) is 11.3 Å². The molecule has 14 heavy (non-hydrogen) atoms. The second-order valence-electron chi connectivity index (χ2n) is 6.67. The highest BCUT2D eigenvalue weighted by atomic mass is 15.2. The van der Waals surface area contributed by atoms with Gasteiger partial charge in [0.1, 0.15) is 0 Å². The number of piperidine rings is 1. The molecule has 0 unspecified atom stereocenters. The van der Waals surface area contributed by atoms with E-state index in [4.69, 9.17) is 0 Å². The maximum Gasteiger partial charge on any atom is 0.0125 e. The minimum absolute atomic E-state index is 0.386. The summed E-state index contributed by atoms with van der Waals surface area (Å²) in [5.41, 5.74) is 1.16. The molecule has 2 fully saturated rings. The second kappa shape index (κ2) is 3.23. The first kappa shape index (κ1) is 10.5. The Hall–Kier alpha value is -0.0400. The van der Waals surface area contributed by atoms with Gasteiger partial charge in [-0.3, -0.25) is 4.90 Å². The number of hydrogen-bond acceptors (Lipinski definition) is 1. The lowest BCUT2D eigenvalue weighted by Gasteiger charge is -2.53. The largest absolute Gasteiger partial charge is 0.298 e. The molecule has 0 atom stereocenters. The van der Waals surface area contributed by atoms with Crippen molar-refractivity contribution in [2.75, 3.05) is 13.1 Å². The number of nitrogens with zero attached hydrogens (tertiary/aromatic N) is 1. The Morgan fingerprint density at radius 1 is 1.07 bits per heavy atom. The highest BCUT2D eigenvalue weighted by Crippen LogP contribution is 2.52. The summed E-state index contributed by atoms with van der Waals surface area (Å²) in [5.74, 6) is 1.01. The highest BCUT2D eigenvalue weighted by molar-refractivity contribution is 4.97. The van der Waals surface area contributed by atoms with Crippen molar-refractivity contribution in [3.8, 4) is 0 Å². The lowest BCUT2D eigenvalue weighted by atomic mass is 9.58. The summed E-state index contributed by atoms with van der Waals surface area (Å²) < 4.78 is 0. The zero-order valence-electron chi connectivity index (χ0n) is 10.3. The predicted octanol–water partition coefficient (Wildman–Crippen LogP) is 3.30. The monoisotopic (exact) mass is 195 g/mol. The molecule has 1 heteroatoms. The molecular formula is C13H25N. The van der Waals surface area contributed by atoms with Gasteiger partial charge in [-0.1, -0.05) is 6.92 Å². The Kier molecular flexibility index (Phi) is 2.42. The fourth-order valence-electron chi connectivity index (χ4n) is 3.48. The molecule has 0 N–H and O–H groups in total. The van der Waals surface area contributed by atoms with E-state index in [1.165, 1.54) is 38.8 Å². The van der Waals surface area contributed by atoms with Gasteiger partial charge in [-0.05, 0) is 70.9 Å². The zero-order valence-corrected chi connectivity index (χ0v) is 10.3. The van der Waals surface area contributed by atoms with Crippen LogP contribution in [0.1, 0.15) is 53.4 Å². The van der Waals surface area contributed by atoms with Crippen LogP contribution in [-0.2, 0) is 0 Å². The Balaban J connectivity index is 1.87. The van der Waals surface area contributed by atoms with Crippen molar-refractivity contribution in [2.45, 2.75) is 58.9 Å². The molecule has 1 aliphatic carbocycles. The number of rotatable bonds is 0. The van der Waals surface area contributed by atoms with Crippen molar-refractivity contribution < 1.29 is 0 Å². The quantitative estimate of drug-likeness (QED) is 0.573. The van der Waals surface area contributed by atoms with E-state index in [2.05, 4.69) is 32.6 Å². The molecule has 2 rings (SSSR count). The maximum absolute atomic E-state index is 2.65. The first-order valence-electron chi connectivity index (χ1n) is 6.16. The molecule has 2 aliphatic rings. The molecular weight excluding hydrogens is 170 g/mol. The highest BCUT2D eigenvalue weighted by Gasteiger charge is 2.44. The van der Waals surface area contributed by atoms with Gasteiger partial charge in [0, 0.05) is 5.54 Å². The van der Waals surface area contributed by atoms with Crippen molar-refractivity contribution in [2.24, 2.45) is 11.3 Å². The molecule has 1 saturated heterocycles. The van der Waals surface area contributed by atoms with Crippen LogP contribution >= 0.6 is 0 Å². The van der Waals surface area contributed by atoms with Crippen LogP contribution < -0.4 is 0 Å². The third-order valence-corrected chi connectivity index (χ3v) is 4.34. The SMILES string of the molecule is CC1CC2(CCN(C(C)(C)C)CC2)C1. The molecule has 0 amide bonds. The van der Waals surface area contributed by atoms with Crippen LogP contribution in [0.4, 0.5) is 0 Å². The van der Waals surface area contributed by atoms with Crippen molar-refractivity contribution in [1.82, 2.24) is 4.90 Å². The molecule has 1 aliphatic heterocycles. The zero-order chi connectivity index (χ0) is 10.4. The Labute approximate surface area is 88.9 Å². The van der Waals surface area contributed by atoms with Gasteiger partial charge in [0.05, 0.1) is 0 Å². The van der Waals surface area contributed by atoms with Crippen LogP contribution in [0, 0.1) is 11.3 Å². The first-order chi connectivity index (χ1) is 6.41. The van der Waals surface area contributed by atoms with Crippen LogP contribution in [0.25, 0.3) is 0 Å². The van der Waals surface area contributed by atoms with Gasteiger partial charge in [0.2, 0.25) is 0 Å². The molecule has 0 radical (unpaired) electrons. The molecule has 82 valence electrons. The van der Waals surface area contributed by atoms with Crippen molar-refractivity contribution in [3.63, 3.8) is 0 Å². The van der Waals surface area contributed by atoms with E-state index in [1.807, 2.05) is 0 Å². The van der Waals surface area contributed by atoms with Gasteiger partial charge >= 0.3 is 0 Å². The Bertz CT molecular complexity index is 198. The van der Waals surface area contributed by atoms with Gasteiger partial charge in [-0.2, -0.15) is 0 Å². The minimum atomic E-state index is 0.386. The molecule has 1 spiro atoms. The van der Waals surface area contributed by atoms with Crippen LogP contribution in [0.15, 0.2) is 0 Å². The third kappa shape index (κ3) is 1.84. The Morgan fingerprint density at radius 2 is 1.57 bits per heavy atom. The van der Waals surface area contributed by atoms with E-state index in [0.29, 0.717) is 5.54 Å². The molecule has 0 bridgehead atoms. The van der Waals surface area contributed by atoms with Gasteiger partial charge in [-0.25, -0.2) is 0 Å². The number of likely N-dealkylation sites (tertiary alicyclic amines) is 1. The summed E-state index contributed by atoms with van der Waals surface area (Å²) in [6.45, 7) is 12.1. The van der Waals surface area contributed by atoms with Gasteiger partial charge < -0.3 is 0 Å². The van der Waals surface area contributed by atoms with Crippen molar-refractivity contribution >= 4 is 0 Å². The lowest BCUT2D eigenvalue weighted by Crippen LogP contribution is -2.52. The van der Waals surface area contributed by atoms with Crippen LogP contribution in [0.2, 0.25) is 0 Å². The standard InChI is InChI=1S/C13H25N/c1-11-9-13(10-11)5-7-14(8-6-13)12(2,3)4/h11H,5-10H2,1-4H3. The van der Waals surface area contributed by atoms with Crippen LogP contribution in [-0.4, -0.2) is 23.5 Å². The van der Waals surface area contributed by atoms with E-state index in [1.54, 1.807) is 0 Å². The van der Waals surface area contributed by atoms with E-state index < -0.39 is 0 Å². The third-order valence-electron chi connectivity index (χ3n) is 4.34. The number of hydrogen-bond donors (Lipinski definition) is 0.